The van der Waals surface area contributed by atoms with E-state index in [2.05, 4.69) is 124 Å². The third-order valence-electron chi connectivity index (χ3n) is 10.5. The first kappa shape index (κ1) is 34.9. The molecule has 0 aliphatic heterocycles. The van der Waals surface area contributed by atoms with E-state index in [4.69, 9.17) is 14.8 Å². The summed E-state index contributed by atoms with van der Waals surface area (Å²) in [4.78, 5) is 4.76. The quantitative estimate of drug-likeness (QED) is 0.108. The summed E-state index contributed by atoms with van der Waals surface area (Å²) in [5.41, 5.74) is 10.5. The second-order valence-corrected chi connectivity index (χ2v) is 13.5. The van der Waals surface area contributed by atoms with Gasteiger partial charge in [-0.3, -0.25) is 4.68 Å². The van der Waals surface area contributed by atoms with Crippen LogP contribution in [-0.4, -0.2) is 19.3 Å². The largest absolute Gasteiger partial charge is 2.00 e. The maximum absolute atomic E-state index is 6.55. The molecule has 0 spiro atoms. The van der Waals surface area contributed by atoms with Gasteiger partial charge in [0.25, 0.3) is 0 Å². The minimum Gasteiger partial charge on any atom is -0.509 e. The van der Waals surface area contributed by atoms with Crippen molar-refractivity contribution in [2.45, 2.75) is 86.5 Å². The predicted octanol–water partition coefficient (Wildman–Crippen LogP) is 11.1. The first-order valence-electron chi connectivity index (χ1n) is 17.7. The molecule has 5 nitrogen and oxygen atoms in total. The third-order valence-corrected chi connectivity index (χ3v) is 10.5. The number of para-hydroxylation sites is 1. The predicted molar refractivity (Wildman–Crippen MR) is 197 cm³/mol. The topological polar surface area (TPSA) is 44.9 Å². The minimum atomic E-state index is 0. The van der Waals surface area contributed by atoms with Crippen LogP contribution in [0, 0.1) is 44.7 Å². The minimum absolute atomic E-state index is 0. The van der Waals surface area contributed by atoms with E-state index < -0.39 is 0 Å². The summed E-state index contributed by atoms with van der Waals surface area (Å²) in [6.07, 6.45) is 10.1. The van der Waals surface area contributed by atoms with Crippen LogP contribution in [0.5, 0.6) is 11.5 Å². The Kier molecular flexibility index (Phi) is 10.3. The van der Waals surface area contributed by atoms with Crippen molar-refractivity contribution in [2.75, 3.05) is 0 Å². The van der Waals surface area contributed by atoms with Gasteiger partial charge in [0.05, 0.1) is 5.69 Å². The van der Waals surface area contributed by atoms with Gasteiger partial charge in [0.15, 0.2) is 0 Å². The molecule has 6 aromatic rings. The number of ether oxygens (including phenoxy) is 1. The van der Waals surface area contributed by atoms with Crippen LogP contribution in [0.2, 0.25) is 0 Å². The van der Waals surface area contributed by atoms with E-state index >= 15 is 0 Å². The molecule has 0 amide bonds. The Hall–Kier alpha value is -3.95. The maximum Gasteiger partial charge on any atom is 2.00 e. The van der Waals surface area contributed by atoms with E-state index in [-0.39, 0.29) is 21.1 Å². The molecule has 7 rings (SSSR count). The van der Waals surface area contributed by atoms with E-state index in [0.717, 1.165) is 52.0 Å². The summed E-state index contributed by atoms with van der Waals surface area (Å²) < 4.78 is 10.8. The molecule has 0 N–H and O–H groups in total. The summed E-state index contributed by atoms with van der Waals surface area (Å²) in [5.74, 6) is 3.89. The fourth-order valence-electron chi connectivity index (χ4n) is 8.01. The van der Waals surface area contributed by atoms with Gasteiger partial charge in [-0.25, -0.2) is 4.98 Å². The molecule has 0 saturated heterocycles. The fourth-order valence-corrected chi connectivity index (χ4v) is 8.01. The van der Waals surface area contributed by atoms with Crippen LogP contribution in [0.4, 0.5) is 0 Å². The van der Waals surface area contributed by atoms with E-state index in [1.807, 2.05) is 18.3 Å². The van der Waals surface area contributed by atoms with Crippen LogP contribution in [0.1, 0.15) is 87.4 Å². The molecule has 3 aromatic carbocycles. The molecule has 0 bridgehead atoms. The average molecular weight is 830 g/mol. The van der Waals surface area contributed by atoms with Crippen molar-refractivity contribution < 1.29 is 25.8 Å². The Morgan fingerprint density at radius 2 is 1.67 bits per heavy atom. The number of nitrogens with zero attached hydrogens (tertiary/aromatic N) is 4. The Morgan fingerprint density at radius 3 is 2.43 bits per heavy atom. The Morgan fingerprint density at radius 1 is 0.857 bits per heavy atom. The molecule has 6 heteroatoms. The van der Waals surface area contributed by atoms with Crippen molar-refractivity contribution in [3.8, 4) is 23.0 Å². The van der Waals surface area contributed by atoms with E-state index in [1.165, 1.54) is 41.5 Å². The van der Waals surface area contributed by atoms with Gasteiger partial charge in [-0.1, -0.05) is 76.4 Å². The fraction of sp³-hybridized carbons (Fsp3) is 0.349. The molecule has 0 radical (unpaired) electrons. The number of fused-ring (bicyclic) bond motifs is 3. The van der Waals surface area contributed by atoms with Gasteiger partial charge >= 0.3 is 21.1 Å². The Labute approximate surface area is 305 Å². The normalized spacial score (nSPS) is 17.7. The second kappa shape index (κ2) is 14.5. The van der Waals surface area contributed by atoms with Crippen LogP contribution < -0.4 is 4.74 Å². The van der Waals surface area contributed by atoms with E-state index in [1.54, 1.807) is 5.57 Å². The zero-order chi connectivity index (χ0) is 33.5. The van der Waals surface area contributed by atoms with E-state index in [9.17, 15) is 0 Å². The number of hydrogen-bond donors (Lipinski definition) is 0. The summed E-state index contributed by atoms with van der Waals surface area (Å²) in [7, 11) is 0. The molecular formula is C43H46N4OPt. The Bertz CT molecular complexity index is 2150. The smallest absolute Gasteiger partial charge is 0.509 e. The Balaban J connectivity index is 0.00000417. The van der Waals surface area contributed by atoms with Gasteiger partial charge < -0.3 is 9.30 Å². The van der Waals surface area contributed by atoms with Crippen molar-refractivity contribution in [1.82, 2.24) is 19.3 Å². The van der Waals surface area contributed by atoms with Gasteiger partial charge in [-0.05, 0) is 86.2 Å². The van der Waals surface area contributed by atoms with Gasteiger partial charge in [-0.15, -0.1) is 35.7 Å². The zero-order valence-corrected chi connectivity index (χ0v) is 32.0. The van der Waals surface area contributed by atoms with Crippen molar-refractivity contribution in [3.63, 3.8) is 0 Å². The monoisotopic (exact) mass is 829 g/mol. The molecule has 0 saturated carbocycles. The van der Waals surface area contributed by atoms with Crippen LogP contribution in [0.25, 0.3) is 33.3 Å². The van der Waals surface area contributed by atoms with Crippen LogP contribution in [0.15, 0.2) is 78.5 Å². The van der Waals surface area contributed by atoms with Gasteiger partial charge in [-0.2, -0.15) is 16.7 Å². The van der Waals surface area contributed by atoms with Crippen LogP contribution in [0.3, 0.4) is 0 Å². The van der Waals surface area contributed by atoms with Gasteiger partial charge in [0.2, 0.25) is 0 Å². The van der Waals surface area contributed by atoms with Crippen molar-refractivity contribution in [1.29, 1.82) is 0 Å². The van der Waals surface area contributed by atoms with Gasteiger partial charge in [0.1, 0.15) is 5.82 Å². The van der Waals surface area contributed by atoms with Gasteiger partial charge in [0, 0.05) is 40.4 Å². The van der Waals surface area contributed by atoms with Crippen molar-refractivity contribution in [3.05, 3.63) is 119 Å². The summed E-state index contributed by atoms with van der Waals surface area (Å²) in [6.45, 7) is 15.6. The van der Waals surface area contributed by atoms with Crippen molar-refractivity contribution >= 4 is 21.8 Å². The second-order valence-electron chi connectivity index (χ2n) is 13.5. The number of pyridine rings is 1. The number of rotatable bonds is 9. The number of hydrogen-bond acceptors (Lipinski definition) is 3. The molecular weight excluding hydrogens is 784 g/mol. The molecule has 3 atom stereocenters. The number of allylic oxidation sites excluding steroid dienone is 2. The van der Waals surface area contributed by atoms with Crippen molar-refractivity contribution in [2.24, 2.45) is 11.8 Å². The number of benzene rings is 3. The molecule has 1 unspecified atom stereocenters. The van der Waals surface area contributed by atoms with Crippen LogP contribution in [-0.2, 0) is 27.5 Å². The summed E-state index contributed by atoms with van der Waals surface area (Å²) in [6, 6.07) is 28.2. The molecule has 1 aliphatic carbocycles. The maximum atomic E-state index is 6.55. The summed E-state index contributed by atoms with van der Waals surface area (Å²) in [5, 5.41) is 7.41. The number of aromatic nitrogens is 4. The molecule has 1 aliphatic rings. The van der Waals surface area contributed by atoms with Crippen LogP contribution >= 0.6 is 0 Å². The average Bonchev–Trinajstić information content (AvgIpc) is 3.59. The molecule has 49 heavy (non-hydrogen) atoms. The zero-order valence-electron chi connectivity index (χ0n) is 29.7. The first-order valence-corrected chi connectivity index (χ1v) is 17.7. The molecule has 254 valence electrons. The molecule has 0 fully saturated rings. The molecule has 3 heterocycles. The van der Waals surface area contributed by atoms with E-state index in [0.29, 0.717) is 29.3 Å². The SMILES string of the molecule is CCC1=C[C@H](CC)C[C@H](CC)C1c1c(C)nn(-c2[c-]c(Oc3[c-]c4c(cc3)c3ccccc3n4-c3cc(CC)ccn3)cc(C)c2)c1C.[Pt+2]. The molecule has 3 aromatic heterocycles. The first-order chi connectivity index (χ1) is 23.3. The third kappa shape index (κ3) is 6.43. The standard InChI is InChI=1S/C43H46N4O.Pt/c1-8-30-18-19-44-41(24-30)46-39-15-13-12-14-37(39)38-17-16-35(26-40(38)46)48-36-21-27(5)20-34(25-36)47-29(7)42(28(6)45-47)43-32(10-3)22-31(9-2)23-33(43)11-4;/h12-22,24,31,33,43H,8-11,23H2,1-7H3;/q-2;+2/t31-,33-,43?;/m0./s1. The summed E-state index contributed by atoms with van der Waals surface area (Å²) >= 11 is 0. The number of aryl methyl sites for hydroxylation is 3.